The Morgan fingerprint density at radius 1 is 1.42 bits per heavy atom. The van der Waals surface area contributed by atoms with Crippen molar-refractivity contribution in [2.24, 2.45) is 0 Å². The summed E-state index contributed by atoms with van der Waals surface area (Å²) in [6, 6.07) is 9.00. The van der Waals surface area contributed by atoms with E-state index in [4.69, 9.17) is 11.6 Å². The fourth-order valence-electron chi connectivity index (χ4n) is 1.83. The van der Waals surface area contributed by atoms with Crippen molar-refractivity contribution in [1.82, 2.24) is 4.57 Å². The highest BCUT2D eigenvalue weighted by Crippen LogP contribution is 2.25. The third-order valence-electron chi connectivity index (χ3n) is 2.70. The van der Waals surface area contributed by atoms with Gasteiger partial charge in [-0.25, -0.2) is 0 Å². The maximum atomic E-state index is 12.2. The predicted octanol–water partition coefficient (Wildman–Crippen LogP) is 4.57. The minimum absolute atomic E-state index is 0.118. The minimum atomic E-state index is -0.118. The van der Waals surface area contributed by atoms with Crippen LogP contribution in [0.5, 0.6) is 0 Å². The van der Waals surface area contributed by atoms with Crippen LogP contribution < -0.4 is 5.32 Å². The third-order valence-corrected chi connectivity index (χ3v) is 3.92. The van der Waals surface area contributed by atoms with E-state index in [0.29, 0.717) is 16.4 Å². The molecule has 0 saturated heterocycles. The van der Waals surface area contributed by atoms with Gasteiger partial charge in [0, 0.05) is 22.9 Å². The fourth-order valence-corrected chi connectivity index (χ4v) is 2.32. The lowest BCUT2D eigenvalue weighted by molar-refractivity contribution is 0.101. The van der Waals surface area contributed by atoms with Crippen LogP contribution in [0.2, 0.25) is 5.02 Å². The Hall–Kier alpha value is -1.26. The quantitative estimate of drug-likeness (QED) is 0.868. The maximum Gasteiger partial charge on any atom is 0.272 e. The predicted molar refractivity (Wildman–Crippen MR) is 81.8 cm³/mol. The minimum Gasteiger partial charge on any atom is -0.344 e. The van der Waals surface area contributed by atoms with Crippen LogP contribution in [-0.2, 0) is 6.54 Å². The Bertz CT molecular complexity index is 595. The number of nitrogens with zero attached hydrogens (tertiary/aromatic N) is 1. The van der Waals surface area contributed by atoms with Crippen LogP contribution in [0, 0.1) is 0 Å². The Morgan fingerprint density at radius 2 is 2.21 bits per heavy atom. The molecule has 19 heavy (non-hydrogen) atoms. The fraction of sp³-hybridized carbons (Fsp3) is 0.214. The van der Waals surface area contributed by atoms with Crippen LogP contribution in [0.25, 0.3) is 0 Å². The number of aryl methyl sites for hydroxylation is 1. The summed E-state index contributed by atoms with van der Waals surface area (Å²) >= 11 is 9.26. The zero-order valence-electron chi connectivity index (χ0n) is 10.5. The molecule has 1 amide bonds. The molecule has 0 unspecified atom stereocenters. The number of carbonyl (C=O) groups is 1. The lowest BCUT2D eigenvalue weighted by Crippen LogP contribution is -2.16. The molecule has 0 aliphatic heterocycles. The van der Waals surface area contributed by atoms with Crippen LogP contribution in [0.1, 0.15) is 23.8 Å². The number of hydrogen-bond acceptors (Lipinski definition) is 1. The molecule has 0 fully saturated rings. The zero-order valence-corrected chi connectivity index (χ0v) is 12.8. The largest absolute Gasteiger partial charge is 0.344 e. The molecule has 1 heterocycles. The van der Waals surface area contributed by atoms with Crippen LogP contribution in [0.3, 0.4) is 0 Å². The van der Waals surface area contributed by atoms with Gasteiger partial charge in [-0.3, -0.25) is 4.79 Å². The van der Waals surface area contributed by atoms with E-state index in [9.17, 15) is 4.79 Å². The Labute approximate surface area is 125 Å². The summed E-state index contributed by atoms with van der Waals surface area (Å²) in [4.78, 5) is 12.2. The van der Waals surface area contributed by atoms with Crippen molar-refractivity contribution in [2.45, 2.75) is 19.9 Å². The van der Waals surface area contributed by atoms with E-state index in [1.807, 2.05) is 22.9 Å². The van der Waals surface area contributed by atoms with Gasteiger partial charge in [0.25, 0.3) is 5.91 Å². The van der Waals surface area contributed by atoms with Gasteiger partial charge < -0.3 is 9.88 Å². The van der Waals surface area contributed by atoms with E-state index >= 15 is 0 Å². The van der Waals surface area contributed by atoms with Gasteiger partial charge in [0.2, 0.25) is 0 Å². The molecule has 3 nitrogen and oxygen atoms in total. The van der Waals surface area contributed by atoms with Crippen LogP contribution in [-0.4, -0.2) is 10.5 Å². The average Bonchev–Trinajstić information content (AvgIpc) is 2.83. The summed E-state index contributed by atoms with van der Waals surface area (Å²) in [5, 5.41) is 3.48. The standard InChI is InChI=1S/C14H14BrClN2O/c1-2-7-18-8-3-4-13(18)14(19)17-10-5-6-12(16)11(15)9-10/h3-6,8-9H,2,7H2,1H3,(H,17,19). The van der Waals surface area contributed by atoms with E-state index < -0.39 is 0 Å². The Morgan fingerprint density at radius 3 is 2.89 bits per heavy atom. The van der Waals surface area contributed by atoms with Crippen molar-refractivity contribution < 1.29 is 4.79 Å². The second-order valence-electron chi connectivity index (χ2n) is 4.17. The van der Waals surface area contributed by atoms with E-state index in [1.54, 1.807) is 18.2 Å². The molecule has 2 rings (SSSR count). The van der Waals surface area contributed by atoms with Crippen LogP contribution >= 0.6 is 27.5 Å². The molecule has 0 radical (unpaired) electrons. The molecule has 0 saturated carbocycles. The second-order valence-corrected chi connectivity index (χ2v) is 5.43. The highest BCUT2D eigenvalue weighted by molar-refractivity contribution is 9.10. The summed E-state index contributed by atoms with van der Waals surface area (Å²) in [5.41, 5.74) is 1.37. The van der Waals surface area contributed by atoms with Gasteiger partial charge in [-0.1, -0.05) is 18.5 Å². The van der Waals surface area contributed by atoms with E-state index in [2.05, 4.69) is 28.2 Å². The number of hydrogen-bond donors (Lipinski definition) is 1. The molecule has 0 aliphatic rings. The lowest BCUT2D eigenvalue weighted by atomic mass is 10.3. The Balaban J connectivity index is 2.16. The molecule has 0 atom stereocenters. The number of halogens is 2. The van der Waals surface area contributed by atoms with E-state index in [0.717, 1.165) is 17.4 Å². The maximum absolute atomic E-state index is 12.2. The molecule has 5 heteroatoms. The summed E-state index contributed by atoms with van der Waals surface area (Å²) in [5.74, 6) is -0.118. The van der Waals surface area contributed by atoms with Gasteiger partial charge in [-0.2, -0.15) is 0 Å². The van der Waals surface area contributed by atoms with Gasteiger partial charge in [0.1, 0.15) is 5.69 Å². The molecule has 1 aromatic carbocycles. The van der Waals surface area contributed by atoms with E-state index in [-0.39, 0.29) is 5.91 Å². The van der Waals surface area contributed by atoms with Gasteiger partial charge >= 0.3 is 0 Å². The zero-order chi connectivity index (χ0) is 13.8. The molecule has 0 aliphatic carbocycles. The first-order chi connectivity index (χ1) is 9.11. The number of amides is 1. The molecule has 1 N–H and O–H groups in total. The highest BCUT2D eigenvalue weighted by atomic mass is 79.9. The molecule has 0 spiro atoms. The van der Waals surface area contributed by atoms with Crippen molar-refractivity contribution in [3.05, 3.63) is 51.7 Å². The lowest BCUT2D eigenvalue weighted by Gasteiger charge is -2.09. The van der Waals surface area contributed by atoms with Crippen molar-refractivity contribution in [1.29, 1.82) is 0 Å². The van der Waals surface area contributed by atoms with Gasteiger partial charge in [-0.05, 0) is 52.7 Å². The summed E-state index contributed by atoms with van der Waals surface area (Å²) in [6.45, 7) is 2.91. The number of rotatable bonds is 4. The number of benzene rings is 1. The van der Waals surface area contributed by atoms with Gasteiger partial charge in [0.05, 0.1) is 5.02 Å². The highest BCUT2D eigenvalue weighted by Gasteiger charge is 2.11. The molecule has 100 valence electrons. The summed E-state index contributed by atoms with van der Waals surface area (Å²) in [6.07, 6.45) is 2.90. The number of carbonyl (C=O) groups excluding carboxylic acids is 1. The molecule has 0 bridgehead atoms. The van der Waals surface area contributed by atoms with Crippen LogP contribution in [0.15, 0.2) is 41.0 Å². The first-order valence-electron chi connectivity index (χ1n) is 6.03. The van der Waals surface area contributed by atoms with Crippen LogP contribution in [0.4, 0.5) is 5.69 Å². The second kappa shape index (κ2) is 6.26. The van der Waals surface area contributed by atoms with Crippen molar-refractivity contribution in [3.8, 4) is 0 Å². The smallest absolute Gasteiger partial charge is 0.272 e. The first kappa shape index (κ1) is 14.2. The third kappa shape index (κ3) is 3.39. The SMILES string of the molecule is CCCn1cccc1C(=O)Nc1ccc(Cl)c(Br)c1. The van der Waals surface area contributed by atoms with Crippen molar-refractivity contribution >= 4 is 39.1 Å². The summed E-state index contributed by atoms with van der Waals surface area (Å²) < 4.78 is 2.70. The number of anilines is 1. The topological polar surface area (TPSA) is 34.0 Å². The normalized spacial score (nSPS) is 10.5. The van der Waals surface area contributed by atoms with Crippen molar-refractivity contribution in [2.75, 3.05) is 5.32 Å². The van der Waals surface area contributed by atoms with Gasteiger partial charge in [-0.15, -0.1) is 0 Å². The molecule has 1 aromatic heterocycles. The Kier molecular flexibility index (Phi) is 4.66. The van der Waals surface area contributed by atoms with Crippen molar-refractivity contribution in [3.63, 3.8) is 0 Å². The molecular formula is C14H14BrClN2O. The first-order valence-corrected chi connectivity index (χ1v) is 7.20. The molecular weight excluding hydrogens is 328 g/mol. The van der Waals surface area contributed by atoms with Gasteiger partial charge in [0.15, 0.2) is 0 Å². The summed E-state index contributed by atoms with van der Waals surface area (Å²) in [7, 11) is 0. The number of nitrogens with one attached hydrogen (secondary N) is 1. The average molecular weight is 342 g/mol. The number of aromatic nitrogens is 1. The van der Waals surface area contributed by atoms with E-state index in [1.165, 1.54) is 0 Å². The monoisotopic (exact) mass is 340 g/mol. The molecule has 2 aromatic rings.